The van der Waals surface area contributed by atoms with Crippen molar-refractivity contribution in [2.45, 2.75) is 89.8 Å². The summed E-state index contributed by atoms with van der Waals surface area (Å²) in [5.74, 6) is 0. The second kappa shape index (κ2) is 11.3. The SMILES string of the molecule is C=C\C=C/C=C(C)/C(C=C)=C(/C=C(\C)NC1(CCC)CC1)NC1CCC(O)CC1. The Balaban J connectivity index is 2.29. The first-order chi connectivity index (χ1) is 13.9. The van der Waals surface area contributed by atoms with E-state index in [1.165, 1.54) is 31.4 Å². The smallest absolute Gasteiger partial charge is 0.0541 e. The summed E-state index contributed by atoms with van der Waals surface area (Å²) >= 11 is 0. The summed E-state index contributed by atoms with van der Waals surface area (Å²) in [6.45, 7) is 14.4. The molecule has 0 atom stereocenters. The third kappa shape index (κ3) is 7.40. The molecule has 0 heterocycles. The number of rotatable bonds is 11. The molecule has 2 aliphatic rings. The lowest BCUT2D eigenvalue weighted by Crippen LogP contribution is -2.35. The molecule has 3 N–H and O–H groups in total. The maximum absolute atomic E-state index is 9.85. The van der Waals surface area contributed by atoms with Gasteiger partial charge >= 0.3 is 0 Å². The number of aliphatic hydroxyl groups excluding tert-OH is 1. The predicted octanol–water partition coefficient (Wildman–Crippen LogP) is 5.83. The summed E-state index contributed by atoms with van der Waals surface area (Å²) in [5, 5.41) is 17.4. The van der Waals surface area contributed by atoms with Crippen LogP contribution in [0.3, 0.4) is 0 Å². The molecule has 3 nitrogen and oxygen atoms in total. The van der Waals surface area contributed by atoms with Gasteiger partial charge in [0.2, 0.25) is 0 Å². The van der Waals surface area contributed by atoms with E-state index in [-0.39, 0.29) is 6.10 Å². The molecule has 0 aromatic carbocycles. The topological polar surface area (TPSA) is 44.3 Å². The van der Waals surface area contributed by atoms with Crippen LogP contribution in [0.25, 0.3) is 0 Å². The van der Waals surface area contributed by atoms with Crippen LogP contribution in [0.1, 0.15) is 72.1 Å². The largest absolute Gasteiger partial charge is 0.393 e. The lowest BCUT2D eigenvalue weighted by molar-refractivity contribution is 0.119. The van der Waals surface area contributed by atoms with Crippen LogP contribution in [0, 0.1) is 0 Å². The summed E-state index contributed by atoms with van der Waals surface area (Å²) in [7, 11) is 0. The molecule has 0 aromatic rings. The Kier molecular flexibility index (Phi) is 9.03. The first-order valence-electron chi connectivity index (χ1n) is 11.2. The second-order valence-electron chi connectivity index (χ2n) is 8.63. The Labute approximate surface area is 178 Å². The van der Waals surface area contributed by atoms with Gasteiger partial charge in [0, 0.05) is 23.0 Å². The summed E-state index contributed by atoms with van der Waals surface area (Å²) in [5.41, 5.74) is 4.89. The molecule has 29 heavy (non-hydrogen) atoms. The molecule has 2 saturated carbocycles. The van der Waals surface area contributed by atoms with Gasteiger partial charge in [0.25, 0.3) is 0 Å². The van der Waals surface area contributed by atoms with Crippen LogP contribution in [0.5, 0.6) is 0 Å². The van der Waals surface area contributed by atoms with Crippen molar-refractivity contribution in [3.63, 3.8) is 0 Å². The van der Waals surface area contributed by atoms with Gasteiger partial charge in [-0.2, -0.15) is 0 Å². The highest BCUT2D eigenvalue weighted by molar-refractivity contribution is 5.47. The first-order valence-corrected chi connectivity index (χ1v) is 11.2. The molecule has 3 heteroatoms. The van der Waals surface area contributed by atoms with Crippen LogP contribution in [-0.4, -0.2) is 22.8 Å². The van der Waals surface area contributed by atoms with E-state index in [1.54, 1.807) is 6.08 Å². The zero-order chi connectivity index (χ0) is 21.3. The summed E-state index contributed by atoms with van der Waals surface area (Å²) in [6.07, 6.45) is 20.5. The number of allylic oxidation sites excluding steroid dienone is 9. The Bertz CT molecular complexity index is 683. The molecule has 0 aliphatic heterocycles. The van der Waals surface area contributed by atoms with Crippen molar-refractivity contribution in [3.05, 3.63) is 72.2 Å². The molecule has 0 spiro atoms. The van der Waals surface area contributed by atoms with Crippen molar-refractivity contribution < 1.29 is 5.11 Å². The van der Waals surface area contributed by atoms with Gasteiger partial charge in [-0.05, 0) is 76.0 Å². The first kappa shape index (κ1) is 23.3. The highest BCUT2D eigenvalue weighted by atomic mass is 16.3. The minimum absolute atomic E-state index is 0.146. The predicted molar refractivity (Wildman–Crippen MR) is 125 cm³/mol. The number of nitrogens with one attached hydrogen (secondary N) is 2. The van der Waals surface area contributed by atoms with Crippen LogP contribution in [0.4, 0.5) is 0 Å². The molecule has 0 amide bonds. The van der Waals surface area contributed by atoms with Crippen LogP contribution in [-0.2, 0) is 0 Å². The molecule has 160 valence electrons. The average Bonchev–Trinajstić information content (AvgIpc) is 3.43. The zero-order valence-electron chi connectivity index (χ0n) is 18.6. The third-order valence-electron chi connectivity index (χ3n) is 5.97. The van der Waals surface area contributed by atoms with E-state index < -0.39 is 0 Å². The van der Waals surface area contributed by atoms with Crippen LogP contribution in [0.2, 0.25) is 0 Å². The van der Waals surface area contributed by atoms with Crippen molar-refractivity contribution in [2.24, 2.45) is 0 Å². The molecule has 0 radical (unpaired) electrons. The Morgan fingerprint density at radius 2 is 1.79 bits per heavy atom. The Morgan fingerprint density at radius 3 is 2.34 bits per heavy atom. The van der Waals surface area contributed by atoms with Crippen LogP contribution >= 0.6 is 0 Å². The maximum atomic E-state index is 9.85. The van der Waals surface area contributed by atoms with Gasteiger partial charge < -0.3 is 15.7 Å². The highest BCUT2D eigenvalue weighted by Gasteiger charge is 2.41. The fourth-order valence-electron chi connectivity index (χ4n) is 4.23. The molecule has 2 aliphatic carbocycles. The van der Waals surface area contributed by atoms with Gasteiger partial charge in [0.15, 0.2) is 0 Å². The van der Waals surface area contributed by atoms with Gasteiger partial charge in [-0.25, -0.2) is 0 Å². The summed E-state index contributed by atoms with van der Waals surface area (Å²) in [4.78, 5) is 0. The fourth-order valence-corrected chi connectivity index (χ4v) is 4.23. The van der Waals surface area contributed by atoms with Crippen LogP contribution < -0.4 is 10.6 Å². The van der Waals surface area contributed by atoms with Crippen LogP contribution in [0.15, 0.2) is 72.2 Å². The quantitative estimate of drug-likeness (QED) is 0.385. The number of hydrogen-bond acceptors (Lipinski definition) is 3. The molecule has 0 aromatic heterocycles. The zero-order valence-corrected chi connectivity index (χ0v) is 18.6. The van der Waals surface area contributed by atoms with E-state index in [4.69, 9.17) is 0 Å². The van der Waals surface area contributed by atoms with Gasteiger partial charge in [-0.1, -0.05) is 56.9 Å². The molecular formula is C26H40N2O. The van der Waals surface area contributed by atoms with Crippen molar-refractivity contribution in [2.75, 3.05) is 0 Å². The molecule has 2 fully saturated rings. The monoisotopic (exact) mass is 396 g/mol. The average molecular weight is 397 g/mol. The van der Waals surface area contributed by atoms with Gasteiger partial charge in [0.05, 0.1) is 6.10 Å². The van der Waals surface area contributed by atoms with E-state index in [0.29, 0.717) is 11.6 Å². The minimum Gasteiger partial charge on any atom is -0.393 e. The van der Waals surface area contributed by atoms with E-state index in [1.807, 2.05) is 18.2 Å². The number of hydrogen-bond donors (Lipinski definition) is 3. The van der Waals surface area contributed by atoms with Crippen molar-refractivity contribution in [1.82, 2.24) is 10.6 Å². The molecule has 0 unspecified atom stereocenters. The molecule has 0 bridgehead atoms. The number of aliphatic hydroxyl groups is 1. The Morgan fingerprint density at radius 1 is 1.10 bits per heavy atom. The van der Waals surface area contributed by atoms with Crippen molar-refractivity contribution in [3.8, 4) is 0 Å². The third-order valence-corrected chi connectivity index (χ3v) is 5.97. The second-order valence-corrected chi connectivity index (χ2v) is 8.63. The standard InChI is InChI=1S/C26H40N2O/c1-6-9-10-11-20(4)24(8-3)25(27-22-12-14-23(29)15-13-22)19-21(5)28-26(16-7-2)17-18-26/h6,8-11,19,22-23,27-29H,1,3,7,12-18H2,2,4-5H3/b10-9-,20-11+,21-19+,25-24-. The van der Waals surface area contributed by atoms with Crippen molar-refractivity contribution in [1.29, 1.82) is 0 Å². The molecular weight excluding hydrogens is 356 g/mol. The van der Waals surface area contributed by atoms with Gasteiger partial charge in [-0.15, -0.1) is 0 Å². The lowest BCUT2D eigenvalue weighted by atomic mass is 9.92. The van der Waals surface area contributed by atoms with E-state index in [9.17, 15) is 5.11 Å². The maximum Gasteiger partial charge on any atom is 0.0541 e. The summed E-state index contributed by atoms with van der Waals surface area (Å²) in [6, 6.07) is 0.384. The Hall–Kier alpha value is -2.00. The highest BCUT2D eigenvalue weighted by Crippen LogP contribution is 2.40. The van der Waals surface area contributed by atoms with Crippen molar-refractivity contribution >= 4 is 0 Å². The molecule has 2 rings (SSSR count). The lowest BCUT2D eigenvalue weighted by Gasteiger charge is -2.29. The summed E-state index contributed by atoms with van der Waals surface area (Å²) < 4.78 is 0. The normalized spacial score (nSPS) is 25.4. The van der Waals surface area contributed by atoms with E-state index in [0.717, 1.165) is 42.5 Å². The fraction of sp³-hybridized carbons (Fsp3) is 0.538. The van der Waals surface area contributed by atoms with Gasteiger partial charge in [0.1, 0.15) is 0 Å². The van der Waals surface area contributed by atoms with E-state index in [2.05, 4.69) is 56.7 Å². The van der Waals surface area contributed by atoms with Gasteiger partial charge in [-0.3, -0.25) is 0 Å². The minimum atomic E-state index is -0.146. The molecule has 0 saturated heterocycles. The van der Waals surface area contributed by atoms with E-state index >= 15 is 0 Å².